The molecule has 3 heteroatoms. The van der Waals surface area contributed by atoms with Gasteiger partial charge in [0, 0.05) is 12.2 Å². The van der Waals surface area contributed by atoms with E-state index < -0.39 is 0 Å². The summed E-state index contributed by atoms with van der Waals surface area (Å²) in [5.41, 5.74) is 6.80. The van der Waals surface area contributed by atoms with Gasteiger partial charge in [-0.3, -0.25) is 9.69 Å². The number of carbonyl (C=O) groups is 1. The Kier molecular flexibility index (Phi) is 6.05. The number of nitrogens with zero attached hydrogens (tertiary/aromatic N) is 1. The first-order valence-electron chi connectivity index (χ1n) is 9.22. The fraction of sp³-hybridized carbons (Fsp3) is 0.208. The number of aryl methyl sites for hydroxylation is 1. The Balaban J connectivity index is 1.67. The van der Waals surface area contributed by atoms with Crippen molar-refractivity contribution in [3.05, 3.63) is 89.5 Å². The molecule has 0 spiro atoms. The van der Waals surface area contributed by atoms with E-state index in [1.54, 1.807) is 0 Å². The van der Waals surface area contributed by atoms with Crippen LogP contribution in [-0.2, 0) is 11.3 Å². The first kappa shape index (κ1) is 18.9. The van der Waals surface area contributed by atoms with Crippen LogP contribution in [0.25, 0.3) is 11.1 Å². The van der Waals surface area contributed by atoms with Crippen molar-refractivity contribution in [2.24, 2.45) is 0 Å². The molecule has 0 fully saturated rings. The van der Waals surface area contributed by atoms with Crippen LogP contribution < -0.4 is 5.32 Å². The summed E-state index contributed by atoms with van der Waals surface area (Å²) < 4.78 is 0. The fourth-order valence-corrected chi connectivity index (χ4v) is 3.23. The number of likely N-dealkylation sites (N-methyl/N-ethyl adjacent to an activating group) is 1. The summed E-state index contributed by atoms with van der Waals surface area (Å²) >= 11 is 0. The zero-order valence-electron chi connectivity index (χ0n) is 16.2. The maximum atomic E-state index is 12.5. The summed E-state index contributed by atoms with van der Waals surface area (Å²) in [5.74, 6) is 0.00314. The second-order valence-corrected chi connectivity index (χ2v) is 6.99. The predicted octanol–water partition coefficient (Wildman–Crippen LogP) is 5.04. The van der Waals surface area contributed by atoms with Gasteiger partial charge in [0.2, 0.25) is 5.91 Å². The molecule has 1 amide bonds. The summed E-state index contributed by atoms with van der Waals surface area (Å²) in [6.45, 7) is 5.14. The van der Waals surface area contributed by atoms with E-state index in [9.17, 15) is 4.79 Å². The van der Waals surface area contributed by atoms with Gasteiger partial charge in [-0.15, -0.1) is 0 Å². The molecule has 0 aliphatic rings. The molecule has 1 N–H and O–H groups in total. The zero-order valence-corrected chi connectivity index (χ0v) is 16.2. The number of hydrogen-bond donors (Lipinski definition) is 1. The summed E-state index contributed by atoms with van der Waals surface area (Å²) in [6, 6.07) is 24.7. The lowest BCUT2D eigenvalue weighted by atomic mass is 9.99. The van der Waals surface area contributed by atoms with E-state index in [1.807, 2.05) is 55.3 Å². The van der Waals surface area contributed by atoms with Crippen LogP contribution in [0.4, 0.5) is 5.69 Å². The van der Waals surface area contributed by atoms with Crippen molar-refractivity contribution in [1.29, 1.82) is 0 Å². The van der Waals surface area contributed by atoms with E-state index in [4.69, 9.17) is 0 Å². The van der Waals surface area contributed by atoms with Crippen molar-refractivity contribution >= 4 is 11.6 Å². The van der Waals surface area contributed by atoms with Crippen LogP contribution in [0.2, 0.25) is 0 Å². The van der Waals surface area contributed by atoms with Crippen LogP contribution in [0.15, 0.2) is 72.8 Å². The Hall–Kier alpha value is -2.91. The molecule has 0 saturated heterocycles. The molecule has 0 aromatic heterocycles. The molecule has 138 valence electrons. The zero-order chi connectivity index (χ0) is 19.2. The van der Waals surface area contributed by atoms with Gasteiger partial charge in [0.05, 0.1) is 6.54 Å². The van der Waals surface area contributed by atoms with Crippen LogP contribution in [0, 0.1) is 13.8 Å². The van der Waals surface area contributed by atoms with Gasteiger partial charge in [0.1, 0.15) is 0 Å². The SMILES string of the molecule is Cc1cccc(NC(=O)CN(C)Cc2ccccc2-c2ccccc2)c1C. The summed E-state index contributed by atoms with van der Waals surface area (Å²) in [6.07, 6.45) is 0. The first-order valence-corrected chi connectivity index (χ1v) is 9.22. The third kappa shape index (κ3) is 4.83. The fourth-order valence-electron chi connectivity index (χ4n) is 3.23. The molecule has 3 rings (SSSR count). The second kappa shape index (κ2) is 8.65. The van der Waals surface area contributed by atoms with E-state index in [-0.39, 0.29) is 5.91 Å². The summed E-state index contributed by atoms with van der Waals surface area (Å²) in [7, 11) is 1.98. The quantitative estimate of drug-likeness (QED) is 0.669. The van der Waals surface area contributed by atoms with Crippen LogP contribution in [0.3, 0.4) is 0 Å². The molecule has 0 heterocycles. The molecular formula is C24H26N2O. The molecule has 27 heavy (non-hydrogen) atoms. The lowest BCUT2D eigenvalue weighted by molar-refractivity contribution is -0.117. The smallest absolute Gasteiger partial charge is 0.238 e. The minimum Gasteiger partial charge on any atom is -0.325 e. The third-order valence-electron chi connectivity index (χ3n) is 4.83. The molecule has 0 saturated carbocycles. The van der Waals surface area contributed by atoms with Crippen molar-refractivity contribution in [1.82, 2.24) is 4.90 Å². The topological polar surface area (TPSA) is 32.3 Å². The first-order chi connectivity index (χ1) is 13.0. The second-order valence-electron chi connectivity index (χ2n) is 6.99. The van der Waals surface area contributed by atoms with E-state index in [2.05, 4.69) is 48.6 Å². The van der Waals surface area contributed by atoms with Crippen LogP contribution in [0.5, 0.6) is 0 Å². The van der Waals surface area contributed by atoms with Gasteiger partial charge in [0.15, 0.2) is 0 Å². The highest BCUT2D eigenvalue weighted by molar-refractivity contribution is 5.93. The molecule has 0 aliphatic heterocycles. The Morgan fingerprint density at radius 1 is 0.889 bits per heavy atom. The molecule has 0 aliphatic carbocycles. The van der Waals surface area contributed by atoms with Gasteiger partial charge in [-0.25, -0.2) is 0 Å². The maximum absolute atomic E-state index is 12.5. The molecule has 3 aromatic rings. The average Bonchev–Trinajstić information content (AvgIpc) is 2.66. The average molecular weight is 358 g/mol. The number of anilines is 1. The number of amides is 1. The van der Waals surface area contributed by atoms with Crippen molar-refractivity contribution in [2.75, 3.05) is 18.9 Å². The lowest BCUT2D eigenvalue weighted by Crippen LogP contribution is -2.30. The van der Waals surface area contributed by atoms with Crippen LogP contribution >= 0.6 is 0 Å². The van der Waals surface area contributed by atoms with Gasteiger partial charge >= 0.3 is 0 Å². The van der Waals surface area contributed by atoms with Crippen molar-refractivity contribution in [3.63, 3.8) is 0 Å². The highest BCUT2D eigenvalue weighted by Crippen LogP contribution is 2.24. The Labute approximate surface area is 161 Å². The number of nitrogens with one attached hydrogen (secondary N) is 1. The predicted molar refractivity (Wildman–Crippen MR) is 113 cm³/mol. The van der Waals surface area contributed by atoms with E-state index >= 15 is 0 Å². The number of carbonyl (C=O) groups excluding carboxylic acids is 1. The standard InChI is InChI=1S/C24H26N2O/c1-18-10-9-15-23(19(18)2)25-24(27)17-26(3)16-21-13-7-8-14-22(21)20-11-5-4-6-12-20/h4-15H,16-17H2,1-3H3,(H,25,27). The molecular weight excluding hydrogens is 332 g/mol. The highest BCUT2D eigenvalue weighted by atomic mass is 16.2. The van der Waals surface area contributed by atoms with Crippen molar-refractivity contribution in [2.45, 2.75) is 20.4 Å². The molecule has 0 atom stereocenters. The highest BCUT2D eigenvalue weighted by Gasteiger charge is 2.12. The van der Waals surface area contributed by atoms with Gasteiger partial charge < -0.3 is 5.32 Å². The van der Waals surface area contributed by atoms with Gasteiger partial charge in [-0.05, 0) is 54.8 Å². The van der Waals surface area contributed by atoms with Crippen molar-refractivity contribution in [3.8, 4) is 11.1 Å². The van der Waals surface area contributed by atoms with Crippen LogP contribution in [-0.4, -0.2) is 24.4 Å². The minimum absolute atomic E-state index is 0.00314. The summed E-state index contributed by atoms with van der Waals surface area (Å²) in [4.78, 5) is 14.5. The summed E-state index contributed by atoms with van der Waals surface area (Å²) in [5, 5.41) is 3.03. The molecule has 0 radical (unpaired) electrons. The third-order valence-corrected chi connectivity index (χ3v) is 4.83. The van der Waals surface area contributed by atoms with E-state index in [1.165, 1.54) is 22.3 Å². The van der Waals surface area contributed by atoms with E-state index in [0.29, 0.717) is 13.1 Å². The van der Waals surface area contributed by atoms with Crippen molar-refractivity contribution < 1.29 is 4.79 Å². The number of hydrogen-bond acceptors (Lipinski definition) is 2. The van der Waals surface area contributed by atoms with Crippen LogP contribution in [0.1, 0.15) is 16.7 Å². The molecule has 3 aromatic carbocycles. The van der Waals surface area contributed by atoms with Gasteiger partial charge in [-0.1, -0.05) is 66.7 Å². The van der Waals surface area contributed by atoms with Gasteiger partial charge in [0.25, 0.3) is 0 Å². The van der Waals surface area contributed by atoms with Gasteiger partial charge in [-0.2, -0.15) is 0 Å². The lowest BCUT2D eigenvalue weighted by Gasteiger charge is -2.19. The normalized spacial score (nSPS) is 10.8. The largest absolute Gasteiger partial charge is 0.325 e. The molecule has 0 bridgehead atoms. The Bertz CT molecular complexity index is 919. The Morgan fingerprint density at radius 2 is 1.59 bits per heavy atom. The Morgan fingerprint density at radius 3 is 2.37 bits per heavy atom. The maximum Gasteiger partial charge on any atom is 0.238 e. The monoisotopic (exact) mass is 358 g/mol. The number of benzene rings is 3. The molecule has 3 nitrogen and oxygen atoms in total. The van der Waals surface area contributed by atoms with E-state index in [0.717, 1.165) is 11.3 Å². The molecule has 0 unspecified atom stereocenters. The number of rotatable bonds is 6. The minimum atomic E-state index is 0.00314.